The van der Waals surface area contributed by atoms with Crippen molar-refractivity contribution < 1.29 is 14.3 Å². The highest BCUT2D eigenvalue weighted by Gasteiger charge is 2.19. The molecule has 0 unspecified atom stereocenters. The van der Waals surface area contributed by atoms with E-state index in [4.69, 9.17) is 4.74 Å². The Kier molecular flexibility index (Phi) is 5.79. The molecule has 1 fully saturated rings. The Hall–Kier alpha value is -1.36. The number of halogens is 1. The molecule has 1 aromatic carbocycles. The highest BCUT2D eigenvalue weighted by atomic mass is 79.9. The zero-order valence-corrected chi connectivity index (χ0v) is 13.7. The molecule has 0 spiro atoms. The molecular weight excluding hydrogens is 334 g/mol. The normalized spacial score (nSPS) is 15.0. The topological polar surface area (TPSA) is 55.4 Å². The van der Waals surface area contributed by atoms with Gasteiger partial charge in [0.05, 0.1) is 17.9 Å². The number of carbonyl (C=O) groups is 2. The summed E-state index contributed by atoms with van der Waals surface area (Å²) in [5, 5.41) is 2.90. The predicted octanol–water partition coefficient (Wildman–Crippen LogP) is 4.14. The van der Waals surface area contributed by atoms with Gasteiger partial charge in [0.2, 0.25) is 5.91 Å². The van der Waals surface area contributed by atoms with E-state index in [9.17, 15) is 9.59 Å². The summed E-state index contributed by atoms with van der Waals surface area (Å²) < 4.78 is 5.63. The minimum Gasteiger partial charge on any atom is -0.462 e. The van der Waals surface area contributed by atoms with Crippen LogP contribution in [-0.4, -0.2) is 18.5 Å². The molecule has 21 heavy (non-hydrogen) atoms. The monoisotopic (exact) mass is 353 g/mol. The van der Waals surface area contributed by atoms with Crippen LogP contribution in [0, 0.1) is 5.92 Å². The number of rotatable bonds is 5. The quantitative estimate of drug-likeness (QED) is 0.809. The number of benzene rings is 1. The van der Waals surface area contributed by atoms with Crippen molar-refractivity contribution in [1.82, 2.24) is 0 Å². The molecule has 1 aromatic rings. The number of ether oxygens (including phenoxy) is 1. The van der Waals surface area contributed by atoms with E-state index in [2.05, 4.69) is 21.2 Å². The third-order valence-corrected chi connectivity index (χ3v) is 4.36. The number of hydrogen-bond donors (Lipinski definition) is 1. The van der Waals surface area contributed by atoms with E-state index in [1.54, 1.807) is 25.1 Å². The number of nitrogens with one attached hydrogen (secondary N) is 1. The van der Waals surface area contributed by atoms with Gasteiger partial charge in [0.15, 0.2) is 0 Å². The first kappa shape index (κ1) is 16.0. The summed E-state index contributed by atoms with van der Waals surface area (Å²) in [5.41, 5.74) is 1.16. The molecule has 5 heteroatoms. The Balaban J connectivity index is 1.96. The van der Waals surface area contributed by atoms with Gasteiger partial charge in [0.1, 0.15) is 0 Å². The molecule has 0 saturated heterocycles. The van der Waals surface area contributed by atoms with Crippen molar-refractivity contribution in [2.75, 3.05) is 11.9 Å². The van der Waals surface area contributed by atoms with Crippen LogP contribution >= 0.6 is 15.9 Å². The largest absolute Gasteiger partial charge is 0.462 e. The molecular formula is C16H20BrNO3. The summed E-state index contributed by atoms with van der Waals surface area (Å²) in [6.07, 6.45) is 5.34. The van der Waals surface area contributed by atoms with E-state index in [0.29, 0.717) is 34.7 Å². The Bertz CT molecular complexity index is 524. The number of amides is 1. The van der Waals surface area contributed by atoms with E-state index in [0.717, 1.165) is 12.8 Å². The zero-order chi connectivity index (χ0) is 15.2. The lowest BCUT2D eigenvalue weighted by Gasteiger charge is -2.11. The lowest BCUT2D eigenvalue weighted by molar-refractivity contribution is -0.117. The molecule has 1 N–H and O–H groups in total. The number of carbonyl (C=O) groups excluding carboxylic acids is 2. The van der Waals surface area contributed by atoms with Crippen molar-refractivity contribution in [2.24, 2.45) is 5.92 Å². The molecule has 1 saturated carbocycles. The third-order valence-electron chi connectivity index (χ3n) is 3.70. The lowest BCUT2D eigenvalue weighted by Crippen LogP contribution is -2.15. The number of esters is 1. The predicted molar refractivity (Wildman–Crippen MR) is 85.3 cm³/mol. The Labute approximate surface area is 133 Å². The first-order chi connectivity index (χ1) is 10.1. The Morgan fingerprint density at radius 1 is 1.33 bits per heavy atom. The second-order valence-electron chi connectivity index (χ2n) is 5.32. The van der Waals surface area contributed by atoms with E-state index >= 15 is 0 Å². The SMILES string of the molecule is CCOC(=O)c1ccc(NC(=O)CC2CCCC2)c(Br)c1. The van der Waals surface area contributed by atoms with Crippen LogP contribution in [0.4, 0.5) is 5.69 Å². The van der Waals surface area contributed by atoms with Crippen molar-refractivity contribution in [1.29, 1.82) is 0 Å². The molecule has 1 amide bonds. The summed E-state index contributed by atoms with van der Waals surface area (Å²) in [5.74, 6) is 0.191. The highest BCUT2D eigenvalue weighted by molar-refractivity contribution is 9.10. The molecule has 0 aliphatic heterocycles. The van der Waals surface area contributed by atoms with Crippen molar-refractivity contribution in [3.05, 3.63) is 28.2 Å². The second kappa shape index (κ2) is 7.59. The van der Waals surface area contributed by atoms with Gasteiger partial charge in [-0.2, -0.15) is 0 Å². The summed E-state index contributed by atoms with van der Waals surface area (Å²) in [7, 11) is 0. The first-order valence-corrected chi connectivity index (χ1v) is 8.16. The van der Waals surface area contributed by atoms with Gasteiger partial charge >= 0.3 is 5.97 Å². The van der Waals surface area contributed by atoms with Gasteiger partial charge in [-0.15, -0.1) is 0 Å². The lowest BCUT2D eigenvalue weighted by atomic mass is 10.0. The minimum absolute atomic E-state index is 0.0338. The highest BCUT2D eigenvalue weighted by Crippen LogP contribution is 2.29. The maximum absolute atomic E-state index is 12.0. The summed E-state index contributed by atoms with van der Waals surface area (Å²) in [6.45, 7) is 2.11. The van der Waals surface area contributed by atoms with Crippen LogP contribution in [0.2, 0.25) is 0 Å². The van der Waals surface area contributed by atoms with Crippen molar-refractivity contribution in [3.63, 3.8) is 0 Å². The van der Waals surface area contributed by atoms with Crippen LogP contribution in [0.5, 0.6) is 0 Å². The molecule has 0 radical (unpaired) electrons. The molecule has 1 aliphatic carbocycles. The van der Waals surface area contributed by atoms with Crippen LogP contribution in [0.3, 0.4) is 0 Å². The van der Waals surface area contributed by atoms with Gasteiger partial charge in [-0.05, 0) is 59.8 Å². The van der Waals surface area contributed by atoms with Crippen LogP contribution in [0.25, 0.3) is 0 Å². The maximum Gasteiger partial charge on any atom is 0.338 e. The van der Waals surface area contributed by atoms with Crippen LogP contribution in [0.1, 0.15) is 49.4 Å². The van der Waals surface area contributed by atoms with Gasteiger partial charge in [-0.1, -0.05) is 12.8 Å². The van der Waals surface area contributed by atoms with E-state index in [1.807, 2.05) is 0 Å². The molecule has 0 atom stereocenters. The molecule has 0 aromatic heterocycles. The van der Waals surface area contributed by atoms with Crippen LogP contribution < -0.4 is 5.32 Å². The second-order valence-corrected chi connectivity index (χ2v) is 6.17. The summed E-state index contributed by atoms with van der Waals surface area (Å²) in [6, 6.07) is 5.06. The molecule has 4 nitrogen and oxygen atoms in total. The fraction of sp³-hybridized carbons (Fsp3) is 0.500. The third kappa shape index (κ3) is 4.56. The average Bonchev–Trinajstić information content (AvgIpc) is 2.94. The number of anilines is 1. The van der Waals surface area contributed by atoms with E-state index < -0.39 is 0 Å². The van der Waals surface area contributed by atoms with Gasteiger partial charge in [0.25, 0.3) is 0 Å². The Morgan fingerprint density at radius 3 is 2.67 bits per heavy atom. The van der Waals surface area contributed by atoms with Crippen LogP contribution in [0.15, 0.2) is 22.7 Å². The first-order valence-electron chi connectivity index (χ1n) is 7.36. The Morgan fingerprint density at radius 2 is 2.05 bits per heavy atom. The maximum atomic E-state index is 12.0. The standard InChI is InChI=1S/C16H20BrNO3/c1-2-21-16(20)12-7-8-14(13(17)10-12)18-15(19)9-11-5-3-4-6-11/h7-8,10-11H,2-6,9H2,1H3,(H,18,19). The van der Waals surface area contributed by atoms with Crippen molar-refractivity contribution in [2.45, 2.75) is 39.0 Å². The molecule has 2 rings (SSSR count). The molecule has 114 valence electrons. The van der Waals surface area contributed by atoms with Gasteiger partial charge < -0.3 is 10.1 Å². The summed E-state index contributed by atoms with van der Waals surface area (Å²) >= 11 is 3.39. The zero-order valence-electron chi connectivity index (χ0n) is 12.2. The smallest absolute Gasteiger partial charge is 0.338 e. The van der Waals surface area contributed by atoms with E-state index in [-0.39, 0.29) is 11.9 Å². The molecule has 0 heterocycles. The summed E-state index contributed by atoms with van der Waals surface area (Å²) in [4.78, 5) is 23.6. The van der Waals surface area contributed by atoms with Crippen molar-refractivity contribution >= 4 is 33.5 Å². The molecule has 1 aliphatic rings. The van der Waals surface area contributed by atoms with E-state index in [1.165, 1.54) is 12.8 Å². The fourth-order valence-electron chi connectivity index (χ4n) is 2.64. The van der Waals surface area contributed by atoms with Gasteiger partial charge in [-0.3, -0.25) is 4.79 Å². The van der Waals surface area contributed by atoms with Gasteiger partial charge in [0, 0.05) is 10.9 Å². The fourth-order valence-corrected chi connectivity index (χ4v) is 3.11. The molecule has 0 bridgehead atoms. The van der Waals surface area contributed by atoms with Crippen molar-refractivity contribution in [3.8, 4) is 0 Å². The van der Waals surface area contributed by atoms with Crippen LogP contribution in [-0.2, 0) is 9.53 Å². The average molecular weight is 354 g/mol. The van der Waals surface area contributed by atoms with Gasteiger partial charge in [-0.25, -0.2) is 4.79 Å². The minimum atomic E-state index is -0.359. The number of hydrogen-bond acceptors (Lipinski definition) is 3.